The predicted molar refractivity (Wildman–Crippen MR) is 82.4 cm³/mol. The van der Waals surface area contributed by atoms with Crippen LogP contribution in [0.15, 0.2) is 0 Å². The summed E-state index contributed by atoms with van der Waals surface area (Å²) in [5.41, 5.74) is 0. The maximum Gasteiger partial charge on any atom is 3.00 e. The third kappa shape index (κ3) is 18.3. The SMILES string of the molecule is CCCCC(CC)C(=O)[O-].CCCCC(CC)C(=O)[O-].[Br-].[In+3]. The number of carboxylic acid groups (broad SMARTS) is 2. The Morgan fingerprint density at radius 3 is 1.18 bits per heavy atom. The van der Waals surface area contributed by atoms with Gasteiger partial charge in [-0.15, -0.1) is 0 Å². The summed E-state index contributed by atoms with van der Waals surface area (Å²) < 4.78 is 0. The molecule has 0 aromatic heterocycles. The molecule has 0 saturated heterocycles. The molecule has 0 aromatic carbocycles. The van der Waals surface area contributed by atoms with Crippen molar-refractivity contribution in [3.8, 4) is 0 Å². The average Bonchev–Trinajstić information content (AvgIpc) is 2.40. The third-order valence-electron chi connectivity index (χ3n) is 3.46. The van der Waals surface area contributed by atoms with Gasteiger partial charge in [0.15, 0.2) is 0 Å². The number of hydrogen-bond acceptors (Lipinski definition) is 4. The summed E-state index contributed by atoms with van der Waals surface area (Å²) in [5, 5.41) is 20.7. The fourth-order valence-corrected chi connectivity index (χ4v) is 1.88. The molecule has 0 aliphatic heterocycles. The minimum Gasteiger partial charge on any atom is -1.00 e. The van der Waals surface area contributed by atoms with Gasteiger partial charge in [-0.1, -0.05) is 53.4 Å². The zero-order valence-corrected chi connectivity index (χ0v) is 19.3. The Bertz CT molecular complexity index is 237. The molecule has 0 fully saturated rings. The fourth-order valence-electron chi connectivity index (χ4n) is 1.88. The van der Waals surface area contributed by atoms with Gasteiger partial charge in [0.25, 0.3) is 0 Å². The topological polar surface area (TPSA) is 80.3 Å². The summed E-state index contributed by atoms with van der Waals surface area (Å²) in [5.74, 6) is -2.23. The maximum absolute atomic E-state index is 10.3. The normalized spacial score (nSPS) is 11.8. The Labute approximate surface area is 165 Å². The van der Waals surface area contributed by atoms with Crippen molar-refractivity contribution in [2.24, 2.45) is 11.8 Å². The van der Waals surface area contributed by atoms with E-state index >= 15 is 0 Å². The number of unbranched alkanes of at least 4 members (excludes halogenated alkanes) is 2. The second-order valence-electron chi connectivity index (χ2n) is 5.13. The molecule has 0 spiro atoms. The standard InChI is InChI=1S/2C8H16O2.BrH.In/c2*1-3-5-6-7(4-2)8(9)10;;/h2*7H,3-6H2,1-2H3,(H,9,10);1H;/q;;;+3/p-3. The Morgan fingerprint density at radius 1 is 0.773 bits per heavy atom. The van der Waals surface area contributed by atoms with Gasteiger partial charge >= 0.3 is 25.8 Å². The summed E-state index contributed by atoms with van der Waals surface area (Å²) >= 11 is 0. The molecule has 4 nitrogen and oxygen atoms in total. The van der Waals surface area contributed by atoms with E-state index in [0.717, 1.165) is 38.5 Å². The van der Waals surface area contributed by atoms with Crippen LogP contribution in [-0.4, -0.2) is 37.8 Å². The second-order valence-corrected chi connectivity index (χ2v) is 5.13. The zero-order valence-electron chi connectivity index (χ0n) is 14.4. The zero-order chi connectivity index (χ0) is 16.0. The number of hydrogen-bond donors (Lipinski definition) is 0. The molecule has 0 radical (unpaired) electrons. The molecule has 0 bridgehead atoms. The smallest absolute Gasteiger partial charge is 1.00 e. The van der Waals surface area contributed by atoms with Crippen molar-refractivity contribution in [2.45, 2.75) is 79.1 Å². The van der Waals surface area contributed by atoms with Crippen LogP contribution in [0.1, 0.15) is 79.1 Å². The van der Waals surface area contributed by atoms with Crippen molar-refractivity contribution in [3.63, 3.8) is 0 Å². The monoisotopic (exact) mass is 480 g/mol. The molecule has 22 heavy (non-hydrogen) atoms. The molecule has 6 heteroatoms. The third-order valence-corrected chi connectivity index (χ3v) is 3.46. The van der Waals surface area contributed by atoms with Crippen molar-refractivity contribution in [3.05, 3.63) is 0 Å². The van der Waals surface area contributed by atoms with Crippen LogP contribution in [0.2, 0.25) is 0 Å². The Hall–Kier alpha value is 0.290. The van der Waals surface area contributed by atoms with E-state index in [1.165, 1.54) is 0 Å². The van der Waals surface area contributed by atoms with Gasteiger partial charge in [0.1, 0.15) is 0 Å². The van der Waals surface area contributed by atoms with E-state index in [1.54, 1.807) is 0 Å². The molecule has 0 N–H and O–H groups in total. The number of carbonyl (C=O) groups is 2. The molecule has 128 valence electrons. The van der Waals surface area contributed by atoms with E-state index < -0.39 is 11.9 Å². The average molecular weight is 481 g/mol. The van der Waals surface area contributed by atoms with Crippen LogP contribution in [0.25, 0.3) is 0 Å². The molecular weight excluding hydrogens is 451 g/mol. The number of carboxylic acids is 2. The summed E-state index contributed by atoms with van der Waals surface area (Å²) in [6.07, 6.45) is 7.04. The van der Waals surface area contributed by atoms with Crippen molar-refractivity contribution in [2.75, 3.05) is 0 Å². The molecule has 0 aromatic rings. The van der Waals surface area contributed by atoms with Gasteiger partial charge in [0, 0.05) is 11.9 Å². The van der Waals surface area contributed by atoms with Gasteiger partial charge in [-0.3, -0.25) is 0 Å². The minimum atomic E-state index is -0.893. The summed E-state index contributed by atoms with van der Waals surface area (Å²) in [6.45, 7) is 7.89. The van der Waals surface area contributed by atoms with Crippen molar-refractivity contribution < 1.29 is 36.8 Å². The Balaban J connectivity index is -0.000000135. The maximum atomic E-state index is 10.3. The first-order valence-corrected chi connectivity index (χ1v) is 7.86. The molecule has 0 aliphatic carbocycles. The van der Waals surface area contributed by atoms with Crippen molar-refractivity contribution in [1.29, 1.82) is 0 Å². The first kappa shape index (κ1) is 30.2. The van der Waals surface area contributed by atoms with Crippen LogP contribution in [0.4, 0.5) is 0 Å². The van der Waals surface area contributed by atoms with Gasteiger partial charge in [-0.25, -0.2) is 0 Å². The van der Waals surface area contributed by atoms with Gasteiger partial charge in [-0.05, 0) is 37.5 Å². The molecule has 0 heterocycles. The molecule has 2 atom stereocenters. The van der Waals surface area contributed by atoms with Crippen LogP contribution in [0, 0.1) is 11.8 Å². The van der Waals surface area contributed by atoms with Crippen LogP contribution in [-0.2, 0) is 9.59 Å². The first-order chi connectivity index (χ1) is 9.44. The number of halogens is 1. The van der Waals surface area contributed by atoms with E-state index in [1.807, 2.05) is 13.8 Å². The van der Waals surface area contributed by atoms with Crippen LogP contribution < -0.4 is 27.2 Å². The quantitative estimate of drug-likeness (QED) is 0.382. The molecular formula is C16H30BrInO4. The van der Waals surface area contributed by atoms with E-state index in [-0.39, 0.29) is 54.7 Å². The summed E-state index contributed by atoms with van der Waals surface area (Å²) in [6, 6.07) is 0. The van der Waals surface area contributed by atoms with Gasteiger partial charge < -0.3 is 36.8 Å². The molecule has 2 unspecified atom stereocenters. The van der Waals surface area contributed by atoms with Gasteiger partial charge in [0.05, 0.1) is 0 Å². The predicted octanol–water partition coefficient (Wildman–Crippen LogP) is -1.47. The molecule has 0 rings (SSSR count). The van der Waals surface area contributed by atoms with Crippen LogP contribution in [0.3, 0.4) is 0 Å². The summed E-state index contributed by atoms with van der Waals surface area (Å²) in [4.78, 5) is 20.7. The van der Waals surface area contributed by atoms with E-state index in [9.17, 15) is 19.8 Å². The molecule has 0 amide bonds. The van der Waals surface area contributed by atoms with E-state index in [2.05, 4.69) is 13.8 Å². The van der Waals surface area contributed by atoms with Crippen molar-refractivity contribution in [1.82, 2.24) is 0 Å². The van der Waals surface area contributed by atoms with Gasteiger partial charge in [-0.2, -0.15) is 0 Å². The summed E-state index contributed by atoms with van der Waals surface area (Å²) in [7, 11) is 0. The Kier molecular flexibility index (Phi) is 29.2. The van der Waals surface area contributed by atoms with Crippen LogP contribution in [0.5, 0.6) is 0 Å². The van der Waals surface area contributed by atoms with Crippen molar-refractivity contribution >= 4 is 37.8 Å². The van der Waals surface area contributed by atoms with Crippen LogP contribution >= 0.6 is 0 Å². The van der Waals surface area contributed by atoms with Gasteiger partial charge in [0.2, 0.25) is 0 Å². The Morgan fingerprint density at radius 2 is 1.05 bits per heavy atom. The second kappa shape index (κ2) is 21.3. The molecule has 0 saturated carbocycles. The number of rotatable bonds is 10. The first-order valence-electron chi connectivity index (χ1n) is 7.86. The van der Waals surface area contributed by atoms with E-state index in [0.29, 0.717) is 12.8 Å². The minimum absolute atomic E-state index is 0. The number of carbonyl (C=O) groups excluding carboxylic acids is 2. The van der Waals surface area contributed by atoms with E-state index in [4.69, 9.17) is 0 Å². The fraction of sp³-hybridized carbons (Fsp3) is 0.875. The molecule has 0 aliphatic rings. The number of aliphatic carboxylic acids is 2. The largest absolute Gasteiger partial charge is 3.00 e.